The van der Waals surface area contributed by atoms with Gasteiger partial charge < -0.3 is 9.31 Å². The van der Waals surface area contributed by atoms with Gasteiger partial charge in [0.2, 0.25) is 0 Å². The van der Waals surface area contributed by atoms with Crippen LogP contribution in [0.25, 0.3) is 53.1 Å². The first-order valence-corrected chi connectivity index (χ1v) is 13.9. The third kappa shape index (κ3) is 3.44. The summed E-state index contributed by atoms with van der Waals surface area (Å²) in [5.41, 5.74) is 6.62. The van der Waals surface area contributed by atoms with Crippen molar-refractivity contribution in [1.82, 2.24) is 9.97 Å². The lowest BCUT2D eigenvalue weighted by molar-refractivity contribution is 0.00578. The van der Waals surface area contributed by atoms with Crippen LogP contribution in [-0.4, -0.2) is 28.3 Å². The van der Waals surface area contributed by atoms with E-state index < -0.39 is 7.12 Å². The Labute approximate surface area is 226 Å². The number of thiophene rings is 1. The average molecular weight is 516 g/mol. The van der Waals surface area contributed by atoms with Crippen molar-refractivity contribution in [2.24, 2.45) is 0 Å². The van der Waals surface area contributed by atoms with E-state index in [2.05, 4.69) is 101 Å². The van der Waals surface area contributed by atoms with Crippen LogP contribution in [0.3, 0.4) is 0 Å². The van der Waals surface area contributed by atoms with Gasteiger partial charge in [-0.25, -0.2) is 0 Å². The molecule has 3 aromatic heterocycles. The van der Waals surface area contributed by atoms with Gasteiger partial charge >= 0.3 is 7.12 Å². The summed E-state index contributed by atoms with van der Waals surface area (Å²) in [5, 5.41) is 4.71. The Morgan fingerprint density at radius 2 is 1.32 bits per heavy atom. The van der Waals surface area contributed by atoms with Crippen molar-refractivity contribution in [3.63, 3.8) is 0 Å². The second-order valence-electron chi connectivity index (χ2n) is 11.4. The molecule has 0 unspecified atom stereocenters. The van der Waals surface area contributed by atoms with Crippen LogP contribution in [0.1, 0.15) is 39.1 Å². The number of aryl methyl sites for hydroxylation is 2. The molecule has 6 aromatic rings. The maximum absolute atomic E-state index is 6.46. The lowest BCUT2D eigenvalue weighted by Gasteiger charge is -2.32. The summed E-state index contributed by atoms with van der Waals surface area (Å²) in [5.74, 6) is 0. The minimum Gasteiger partial charge on any atom is -0.399 e. The molecule has 1 aliphatic heterocycles. The first-order valence-electron chi connectivity index (χ1n) is 13.1. The summed E-state index contributed by atoms with van der Waals surface area (Å²) < 4.78 is 15.4. The Morgan fingerprint density at radius 3 is 2.08 bits per heavy atom. The molecule has 0 aliphatic carbocycles. The zero-order valence-corrected chi connectivity index (χ0v) is 23.4. The van der Waals surface area contributed by atoms with E-state index in [0.717, 1.165) is 38.7 Å². The van der Waals surface area contributed by atoms with E-state index in [9.17, 15) is 0 Å². The zero-order chi connectivity index (χ0) is 26.4. The molecule has 38 heavy (non-hydrogen) atoms. The van der Waals surface area contributed by atoms with E-state index in [1.54, 1.807) is 0 Å². The molecule has 7 rings (SSSR count). The van der Waals surface area contributed by atoms with E-state index in [4.69, 9.17) is 19.3 Å². The molecule has 0 radical (unpaired) electrons. The van der Waals surface area contributed by atoms with Gasteiger partial charge in [-0.05, 0) is 64.6 Å². The number of pyridine rings is 2. The fourth-order valence-electron chi connectivity index (χ4n) is 5.53. The van der Waals surface area contributed by atoms with Gasteiger partial charge in [0, 0.05) is 48.0 Å². The van der Waals surface area contributed by atoms with E-state index in [-0.39, 0.29) is 11.2 Å². The van der Waals surface area contributed by atoms with Gasteiger partial charge in [0.25, 0.3) is 0 Å². The molecule has 4 heterocycles. The smallest absolute Gasteiger partial charge is 0.399 e. The first-order chi connectivity index (χ1) is 18.1. The molecule has 0 saturated carbocycles. The molecule has 1 saturated heterocycles. The van der Waals surface area contributed by atoms with Crippen LogP contribution in [0.5, 0.6) is 0 Å². The van der Waals surface area contributed by atoms with Crippen molar-refractivity contribution >= 4 is 65.9 Å². The van der Waals surface area contributed by atoms with Crippen LogP contribution in [0.15, 0.2) is 66.7 Å². The number of fused-ring (bicyclic) bond motifs is 6. The third-order valence-corrected chi connectivity index (χ3v) is 9.56. The summed E-state index contributed by atoms with van der Waals surface area (Å²) in [4.78, 5) is 9.82. The quantitative estimate of drug-likeness (QED) is 0.175. The molecule has 0 amide bonds. The summed E-state index contributed by atoms with van der Waals surface area (Å²) in [6.07, 6.45) is 0. The number of rotatable bonds is 2. The fraction of sp³-hybridized carbons (Fsp3) is 0.250. The highest BCUT2D eigenvalue weighted by atomic mass is 32.1. The van der Waals surface area contributed by atoms with Crippen molar-refractivity contribution in [2.45, 2.75) is 52.7 Å². The van der Waals surface area contributed by atoms with E-state index in [1.807, 2.05) is 18.3 Å². The van der Waals surface area contributed by atoms with Crippen LogP contribution in [-0.2, 0) is 9.31 Å². The minimum absolute atomic E-state index is 0.385. The second kappa shape index (κ2) is 8.09. The molecule has 0 atom stereocenters. The lowest BCUT2D eigenvalue weighted by atomic mass is 9.78. The maximum atomic E-state index is 6.46. The Hall–Kier alpha value is -3.32. The molecule has 0 N–H and O–H groups in total. The Kier molecular flexibility index (Phi) is 5.06. The van der Waals surface area contributed by atoms with Crippen LogP contribution in [0.4, 0.5) is 0 Å². The number of hydrogen-bond donors (Lipinski definition) is 0. The molecule has 1 fully saturated rings. The predicted octanol–water partition coefficient (Wildman–Crippen LogP) is 7.73. The highest BCUT2D eigenvalue weighted by Gasteiger charge is 2.52. The normalized spacial score (nSPS) is 16.8. The summed E-state index contributed by atoms with van der Waals surface area (Å²) in [6.45, 7) is 12.5. The van der Waals surface area contributed by atoms with Gasteiger partial charge in [0.05, 0.1) is 22.2 Å². The second-order valence-corrected chi connectivity index (χ2v) is 12.4. The molecule has 0 spiro atoms. The molecule has 188 valence electrons. The van der Waals surface area contributed by atoms with E-state index in [0.29, 0.717) is 0 Å². The van der Waals surface area contributed by atoms with Gasteiger partial charge in [-0.15, -0.1) is 11.3 Å². The van der Waals surface area contributed by atoms with E-state index >= 15 is 0 Å². The highest BCUT2D eigenvalue weighted by Crippen LogP contribution is 2.43. The van der Waals surface area contributed by atoms with Crippen molar-refractivity contribution in [3.8, 4) is 11.1 Å². The summed E-state index contributed by atoms with van der Waals surface area (Å²) in [6, 6.07) is 23.8. The number of nitrogens with zero attached hydrogens (tertiary/aromatic N) is 2. The number of hydrogen-bond acceptors (Lipinski definition) is 5. The molecule has 3 aromatic carbocycles. The molecule has 4 nitrogen and oxygen atoms in total. The van der Waals surface area contributed by atoms with Crippen molar-refractivity contribution in [1.29, 1.82) is 0 Å². The SMILES string of the molecule is Cc1ccc2ccc3c(-c4cccc5c4sc4c(B6OC(C)(C)C(C)(C)O6)cccc45)cc(C)nc3c2n1. The molecule has 0 bridgehead atoms. The van der Waals surface area contributed by atoms with Crippen LogP contribution < -0.4 is 5.46 Å². The van der Waals surface area contributed by atoms with Crippen molar-refractivity contribution in [3.05, 3.63) is 78.1 Å². The fourth-order valence-corrected chi connectivity index (χ4v) is 6.88. The maximum Gasteiger partial charge on any atom is 0.496 e. The molecular weight excluding hydrogens is 487 g/mol. The topological polar surface area (TPSA) is 44.2 Å². The average Bonchev–Trinajstić information content (AvgIpc) is 3.36. The molecule has 6 heteroatoms. The van der Waals surface area contributed by atoms with E-state index in [1.165, 1.54) is 31.3 Å². The van der Waals surface area contributed by atoms with Gasteiger partial charge in [0.1, 0.15) is 0 Å². The molecule has 1 aliphatic rings. The predicted molar refractivity (Wildman–Crippen MR) is 161 cm³/mol. The zero-order valence-electron chi connectivity index (χ0n) is 22.5. The van der Waals surface area contributed by atoms with Gasteiger partial charge in [0.15, 0.2) is 0 Å². The minimum atomic E-state index is -0.398. The largest absolute Gasteiger partial charge is 0.496 e. The van der Waals surface area contributed by atoms with Gasteiger partial charge in [-0.1, -0.05) is 54.6 Å². The summed E-state index contributed by atoms with van der Waals surface area (Å²) in [7, 11) is -0.398. The lowest BCUT2D eigenvalue weighted by Crippen LogP contribution is -2.41. The first kappa shape index (κ1) is 23.8. The Bertz CT molecular complexity index is 1910. The van der Waals surface area contributed by atoms with Crippen LogP contribution >= 0.6 is 11.3 Å². The number of aromatic nitrogens is 2. The van der Waals surface area contributed by atoms with Gasteiger partial charge in [-0.3, -0.25) is 9.97 Å². The van der Waals surface area contributed by atoms with Crippen LogP contribution in [0.2, 0.25) is 0 Å². The highest BCUT2D eigenvalue weighted by molar-refractivity contribution is 7.27. The summed E-state index contributed by atoms with van der Waals surface area (Å²) >= 11 is 1.82. The van der Waals surface area contributed by atoms with Crippen LogP contribution in [0, 0.1) is 13.8 Å². The number of benzene rings is 3. The Morgan fingerprint density at radius 1 is 0.658 bits per heavy atom. The standard InChI is InChI=1S/C32H29BN2O2S/c1-18-13-14-20-15-16-21-25(17-19(2)35-28(21)27(20)34-18)24-10-7-9-22-23-11-8-12-26(30(23)38-29(22)24)33-36-31(3,4)32(5,6)37-33/h7-17H,1-6H3. The third-order valence-electron chi connectivity index (χ3n) is 8.26. The Balaban J connectivity index is 1.48. The van der Waals surface area contributed by atoms with Crippen molar-refractivity contribution < 1.29 is 9.31 Å². The van der Waals surface area contributed by atoms with Crippen molar-refractivity contribution in [2.75, 3.05) is 0 Å². The molecular formula is C32H29BN2O2S. The monoisotopic (exact) mass is 516 g/mol. The van der Waals surface area contributed by atoms with Gasteiger partial charge in [-0.2, -0.15) is 0 Å².